The average molecular weight is 787 g/mol. The van der Waals surface area contributed by atoms with Crippen molar-refractivity contribution in [2.24, 2.45) is 9.98 Å². The number of aryl methyl sites for hydroxylation is 1. The molecular weight excluding hydrogens is 741 g/mol. The van der Waals surface area contributed by atoms with E-state index >= 15 is 0 Å². The maximum atomic E-state index is 5.47. The van der Waals surface area contributed by atoms with Crippen LogP contribution in [0.5, 0.6) is 0 Å². The normalized spacial score (nSPS) is 15.2. The van der Waals surface area contributed by atoms with E-state index in [1.54, 1.807) is 5.56 Å². The van der Waals surface area contributed by atoms with Gasteiger partial charge in [-0.2, -0.15) is 0 Å². The molecule has 4 heteroatoms. The van der Waals surface area contributed by atoms with Crippen LogP contribution in [0.1, 0.15) is 87.4 Å². The second-order valence-electron chi connectivity index (χ2n) is 16.6. The van der Waals surface area contributed by atoms with Crippen molar-refractivity contribution >= 4 is 29.0 Å². The maximum absolute atomic E-state index is 5.47. The monoisotopic (exact) mass is 786 g/mol. The van der Waals surface area contributed by atoms with E-state index in [2.05, 4.69) is 169 Å². The minimum Gasteiger partial charge on any atom is -0.306 e. The van der Waals surface area contributed by atoms with Crippen molar-refractivity contribution in [3.05, 3.63) is 238 Å². The van der Waals surface area contributed by atoms with Crippen molar-refractivity contribution < 1.29 is 0 Å². The van der Waals surface area contributed by atoms with Crippen molar-refractivity contribution in [2.75, 3.05) is 0 Å². The summed E-state index contributed by atoms with van der Waals surface area (Å²) in [5.74, 6) is 0.650. The second kappa shape index (κ2) is 15.1. The van der Waals surface area contributed by atoms with Crippen LogP contribution in [0.4, 0.5) is 0 Å². The topological polar surface area (TPSA) is 42.0 Å². The summed E-state index contributed by atoms with van der Waals surface area (Å²) in [5, 5.41) is 0. The molecular formula is C57H46N4. The zero-order valence-electron chi connectivity index (χ0n) is 34.5. The molecule has 61 heavy (non-hydrogen) atoms. The SMILES string of the molecule is C=C(/N=C(\N=C(/C)c1ccccc1)c1ccc2c(c1)C(c1ccccc1)(c1ccccc1)c1cc(-c3cn4ccccc4n3)ccc1-2)c1cc2c(c3c1C=CCC3)CCCC2. The third-order valence-electron chi connectivity index (χ3n) is 13.1. The van der Waals surface area contributed by atoms with E-state index in [1.807, 2.05) is 18.2 Å². The van der Waals surface area contributed by atoms with E-state index < -0.39 is 5.41 Å². The minimum absolute atomic E-state index is 0.638. The molecule has 0 N–H and O–H groups in total. The van der Waals surface area contributed by atoms with Crippen molar-refractivity contribution in [2.45, 2.75) is 50.9 Å². The number of benzene rings is 6. The Hall–Kier alpha value is -7.17. The lowest BCUT2D eigenvalue weighted by molar-refractivity contribution is 0.676. The summed E-state index contributed by atoms with van der Waals surface area (Å²) in [5.41, 5.74) is 20.1. The molecule has 11 rings (SSSR count). The number of nitrogens with zero attached hydrogens (tertiary/aromatic N) is 4. The van der Waals surface area contributed by atoms with Crippen LogP contribution in [0, 0.1) is 0 Å². The molecule has 2 aromatic heterocycles. The van der Waals surface area contributed by atoms with Gasteiger partial charge in [0.2, 0.25) is 0 Å². The molecule has 0 amide bonds. The summed E-state index contributed by atoms with van der Waals surface area (Å²) in [6.07, 6.45) is 15.7. The van der Waals surface area contributed by atoms with Crippen LogP contribution in [0.15, 0.2) is 187 Å². The van der Waals surface area contributed by atoms with Crippen LogP contribution >= 0.6 is 0 Å². The Kier molecular flexibility index (Phi) is 9.15. The highest BCUT2D eigenvalue weighted by atomic mass is 15.0. The Balaban J connectivity index is 1.14. The Morgan fingerprint density at radius 1 is 0.656 bits per heavy atom. The number of rotatable bonds is 7. The highest BCUT2D eigenvalue weighted by Crippen LogP contribution is 2.57. The number of hydrogen-bond acceptors (Lipinski definition) is 2. The van der Waals surface area contributed by atoms with Gasteiger partial charge < -0.3 is 4.40 Å². The number of amidine groups is 1. The lowest BCUT2D eigenvalue weighted by Gasteiger charge is -2.34. The minimum atomic E-state index is -0.638. The zero-order valence-corrected chi connectivity index (χ0v) is 34.5. The highest BCUT2D eigenvalue weighted by Gasteiger charge is 2.46. The van der Waals surface area contributed by atoms with Crippen LogP contribution in [0.25, 0.3) is 39.8 Å². The van der Waals surface area contributed by atoms with E-state index in [0.29, 0.717) is 5.84 Å². The lowest BCUT2D eigenvalue weighted by atomic mass is 9.67. The van der Waals surface area contributed by atoms with Crippen LogP contribution in [-0.2, 0) is 24.7 Å². The highest BCUT2D eigenvalue weighted by molar-refractivity contribution is 6.13. The fourth-order valence-corrected chi connectivity index (χ4v) is 10.3. The molecule has 0 unspecified atom stereocenters. The summed E-state index contributed by atoms with van der Waals surface area (Å²) in [6, 6.07) is 54.6. The summed E-state index contributed by atoms with van der Waals surface area (Å²) in [6.45, 7) is 6.79. The van der Waals surface area contributed by atoms with Gasteiger partial charge >= 0.3 is 0 Å². The maximum Gasteiger partial charge on any atom is 0.160 e. The second-order valence-corrected chi connectivity index (χ2v) is 16.6. The molecule has 3 aliphatic rings. The quantitative estimate of drug-likeness (QED) is 0.117. The van der Waals surface area contributed by atoms with E-state index in [0.717, 1.165) is 70.7 Å². The molecule has 0 radical (unpaired) electrons. The Bertz CT molecular complexity index is 3020. The van der Waals surface area contributed by atoms with Gasteiger partial charge in [0, 0.05) is 34.8 Å². The summed E-state index contributed by atoms with van der Waals surface area (Å²) >= 11 is 0. The predicted octanol–water partition coefficient (Wildman–Crippen LogP) is 13.1. The Labute approximate surface area is 358 Å². The molecule has 0 aliphatic heterocycles. The molecule has 0 spiro atoms. The molecule has 294 valence electrons. The fraction of sp³-hybridized carbons (Fsp3) is 0.140. The van der Waals surface area contributed by atoms with Gasteiger partial charge in [-0.05, 0) is 137 Å². The number of imidazole rings is 1. The Morgan fingerprint density at radius 3 is 2.10 bits per heavy atom. The first-order valence-electron chi connectivity index (χ1n) is 21.6. The average Bonchev–Trinajstić information content (AvgIpc) is 3.89. The number of pyridine rings is 1. The molecule has 6 aromatic carbocycles. The van der Waals surface area contributed by atoms with Gasteiger partial charge in [-0.15, -0.1) is 0 Å². The van der Waals surface area contributed by atoms with Crippen molar-refractivity contribution in [1.82, 2.24) is 9.38 Å². The first-order chi connectivity index (χ1) is 30.1. The third kappa shape index (κ3) is 6.25. The molecule has 0 saturated heterocycles. The Morgan fingerprint density at radius 2 is 1.34 bits per heavy atom. The summed E-state index contributed by atoms with van der Waals surface area (Å²) < 4.78 is 2.09. The van der Waals surface area contributed by atoms with Gasteiger partial charge in [0.25, 0.3) is 0 Å². The van der Waals surface area contributed by atoms with E-state index in [9.17, 15) is 0 Å². The molecule has 0 fully saturated rings. The standard InChI is InChI=1S/C57H46N4/c1-38(40-18-6-3-7-19-40)58-56(59-39(2)51-34-41-20-12-13-25-46(41)47-26-14-15-27-48(47)51)43-30-32-50-49-31-29-42(54-37-61-33-17-16-28-55(61)60-54)35-52(49)57(53(50)36-43,44-21-8-4-9-22-44)45-23-10-5-11-24-45/h3-11,15-19,21-24,27-37H,2,12-14,20,25-26H2,1H3/b58-38+,59-56-. The fourth-order valence-electron chi connectivity index (χ4n) is 10.3. The van der Waals surface area contributed by atoms with Gasteiger partial charge in [0.1, 0.15) is 5.65 Å². The lowest BCUT2D eigenvalue weighted by Crippen LogP contribution is -2.28. The number of aromatic nitrogens is 2. The first kappa shape index (κ1) is 36.9. The van der Waals surface area contributed by atoms with Gasteiger partial charge in [-0.3, -0.25) is 0 Å². The number of fused-ring (bicyclic) bond motifs is 7. The van der Waals surface area contributed by atoms with Crippen molar-refractivity contribution in [3.8, 4) is 22.4 Å². The largest absolute Gasteiger partial charge is 0.306 e. The number of allylic oxidation sites excluding steroid dienone is 1. The summed E-state index contributed by atoms with van der Waals surface area (Å²) in [7, 11) is 0. The molecule has 0 saturated carbocycles. The van der Waals surface area contributed by atoms with E-state index in [1.165, 1.54) is 62.9 Å². The van der Waals surface area contributed by atoms with Crippen LogP contribution in [0.2, 0.25) is 0 Å². The van der Waals surface area contributed by atoms with E-state index in [-0.39, 0.29) is 0 Å². The molecule has 3 aliphatic carbocycles. The van der Waals surface area contributed by atoms with Crippen LogP contribution < -0.4 is 0 Å². The molecule has 4 nitrogen and oxygen atoms in total. The first-order valence-corrected chi connectivity index (χ1v) is 21.6. The predicted molar refractivity (Wildman–Crippen MR) is 253 cm³/mol. The van der Waals surface area contributed by atoms with Gasteiger partial charge in [0.05, 0.1) is 16.8 Å². The molecule has 0 atom stereocenters. The van der Waals surface area contributed by atoms with Gasteiger partial charge in [-0.25, -0.2) is 15.0 Å². The van der Waals surface area contributed by atoms with Gasteiger partial charge in [0.15, 0.2) is 5.84 Å². The summed E-state index contributed by atoms with van der Waals surface area (Å²) in [4.78, 5) is 15.9. The van der Waals surface area contributed by atoms with E-state index in [4.69, 9.17) is 21.5 Å². The van der Waals surface area contributed by atoms with Crippen LogP contribution in [-0.4, -0.2) is 20.9 Å². The number of hydrogen-bond donors (Lipinski definition) is 0. The van der Waals surface area contributed by atoms with Gasteiger partial charge in [-0.1, -0.05) is 140 Å². The van der Waals surface area contributed by atoms with Crippen molar-refractivity contribution in [1.29, 1.82) is 0 Å². The number of aliphatic imine (C=N–C) groups is 2. The zero-order chi connectivity index (χ0) is 40.9. The smallest absolute Gasteiger partial charge is 0.160 e. The third-order valence-corrected chi connectivity index (χ3v) is 13.1. The molecule has 2 heterocycles. The molecule has 8 aromatic rings. The van der Waals surface area contributed by atoms with Crippen LogP contribution in [0.3, 0.4) is 0 Å². The van der Waals surface area contributed by atoms with Crippen molar-refractivity contribution in [3.63, 3.8) is 0 Å². The molecule has 0 bridgehead atoms.